The van der Waals surface area contributed by atoms with Crippen molar-refractivity contribution >= 4 is 0 Å². The van der Waals surface area contributed by atoms with E-state index in [2.05, 4.69) is 140 Å². The first-order valence-electron chi connectivity index (χ1n) is 20.0. The molecule has 0 radical (unpaired) electrons. The largest absolute Gasteiger partial charge is 0.228 e. The lowest BCUT2D eigenvalue weighted by Gasteiger charge is -2.12. The Morgan fingerprint density at radius 2 is 0.450 bits per heavy atom. The second-order valence-electron chi connectivity index (χ2n) is 14.5. The van der Waals surface area contributed by atoms with Gasteiger partial charge in [0.1, 0.15) is 0 Å². The summed E-state index contributed by atoms with van der Waals surface area (Å²) in [7, 11) is 0. The zero-order valence-electron chi connectivity index (χ0n) is 32.6. The van der Waals surface area contributed by atoms with E-state index < -0.39 is 0 Å². The molecule has 2 aromatic heterocycles. The highest BCUT2D eigenvalue weighted by Crippen LogP contribution is 2.33. The monoisotopic (exact) mass is 767 g/mol. The molecule has 0 saturated carbocycles. The van der Waals surface area contributed by atoms with Gasteiger partial charge in [-0.1, -0.05) is 206 Å². The highest BCUT2D eigenvalue weighted by Gasteiger charge is 2.15. The molecule has 8 aromatic carbocycles. The summed E-state index contributed by atoms with van der Waals surface area (Å²) in [6.07, 6.45) is 0. The Morgan fingerprint density at radius 1 is 0.167 bits per heavy atom. The lowest BCUT2D eigenvalue weighted by atomic mass is 9.98. The molecule has 10 rings (SSSR count). The number of nitrogens with zero attached hydrogens (tertiary/aromatic N) is 5. The van der Waals surface area contributed by atoms with E-state index in [9.17, 15) is 0 Å². The Labute approximate surface area is 349 Å². The second-order valence-corrected chi connectivity index (χ2v) is 14.5. The van der Waals surface area contributed by atoms with E-state index >= 15 is 0 Å². The van der Waals surface area contributed by atoms with Gasteiger partial charge < -0.3 is 0 Å². The summed E-state index contributed by atoms with van der Waals surface area (Å²) in [4.78, 5) is 25.1. The van der Waals surface area contributed by atoms with Crippen LogP contribution in [0, 0.1) is 0 Å². The molecule has 0 spiro atoms. The number of benzene rings is 8. The maximum atomic E-state index is 5.19. The molecule has 0 unspecified atom stereocenters. The van der Waals surface area contributed by atoms with Crippen LogP contribution in [0.1, 0.15) is 0 Å². The van der Waals surface area contributed by atoms with E-state index in [1.54, 1.807) is 0 Å². The van der Waals surface area contributed by atoms with Crippen molar-refractivity contribution in [2.45, 2.75) is 0 Å². The average molecular weight is 768 g/mol. The molecule has 2 heterocycles. The van der Waals surface area contributed by atoms with Crippen molar-refractivity contribution in [3.05, 3.63) is 224 Å². The molecule has 282 valence electrons. The smallest absolute Gasteiger partial charge is 0.164 e. The molecular weight excluding hydrogens is 731 g/mol. The van der Waals surface area contributed by atoms with Gasteiger partial charge in [-0.2, -0.15) is 0 Å². The molecule has 0 saturated heterocycles. The first kappa shape index (κ1) is 36.2. The van der Waals surface area contributed by atoms with Gasteiger partial charge in [0.15, 0.2) is 23.3 Å². The third-order valence-corrected chi connectivity index (χ3v) is 10.6. The maximum absolute atomic E-state index is 5.19. The van der Waals surface area contributed by atoms with E-state index in [-0.39, 0.29) is 0 Å². The molecule has 0 aliphatic rings. The minimum Gasteiger partial charge on any atom is -0.228 e. The van der Waals surface area contributed by atoms with Crippen LogP contribution in [0.25, 0.3) is 101 Å². The molecule has 0 amide bonds. The van der Waals surface area contributed by atoms with Gasteiger partial charge in [0.25, 0.3) is 0 Å². The van der Waals surface area contributed by atoms with Crippen LogP contribution < -0.4 is 0 Å². The molecule has 0 fully saturated rings. The minimum absolute atomic E-state index is 0.615. The van der Waals surface area contributed by atoms with Crippen LogP contribution in [0.2, 0.25) is 0 Å². The predicted molar refractivity (Wildman–Crippen MR) is 244 cm³/mol. The molecule has 60 heavy (non-hydrogen) atoms. The fraction of sp³-hybridized carbons (Fsp3) is 0. The first-order valence-corrected chi connectivity index (χ1v) is 20.0. The standard InChI is InChI=1S/C55H37N5/c1-5-15-38(16-6-1)39-27-29-40(30-28-39)41-31-33-45(34-32-41)52-56-50(42-17-7-2-8-18-42)37-51(57-52)48-25-13-23-46(35-48)47-24-14-26-49(36-47)55-59-53(43-19-9-3-10-20-43)58-54(60-55)44-21-11-4-12-22-44/h1-37H. The molecular formula is C55H37N5. The summed E-state index contributed by atoms with van der Waals surface area (Å²) in [5, 5.41) is 0. The molecule has 0 aliphatic heterocycles. The quantitative estimate of drug-likeness (QED) is 0.146. The molecule has 5 nitrogen and oxygen atoms in total. The minimum atomic E-state index is 0.615. The highest BCUT2D eigenvalue weighted by molar-refractivity contribution is 5.79. The topological polar surface area (TPSA) is 64.5 Å². The summed E-state index contributed by atoms with van der Waals surface area (Å²) >= 11 is 0. The molecule has 0 atom stereocenters. The van der Waals surface area contributed by atoms with Gasteiger partial charge in [-0.25, -0.2) is 24.9 Å². The van der Waals surface area contributed by atoms with Crippen molar-refractivity contribution in [2.24, 2.45) is 0 Å². The maximum Gasteiger partial charge on any atom is 0.164 e. The van der Waals surface area contributed by atoms with Crippen LogP contribution in [-0.4, -0.2) is 24.9 Å². The van der Waals surface area contributed by atoms with Gasteiger partial charge in [-0.05, 0) is 51.6 Å². The summed E-state index contributed by atoms with van der Waals surface area (Å²) in [6, 6.07) is 77.1. The summed E-state index contributed by atoms with van der Waals surface area (Å²) in [5.41, 5.74) is 14.3. The van der Waals surface area contributed by atoms with Crippen LogP contribution in [0.15, 0.2) is 224 Å². The average Bonchev–Trinajstić information content (AvgIpc) is 3.35. The molecule has 0 bridgehead atoms. The molecule has 5 heteroatoms. The lowest BCUT2D eigenvalue weighted by molar-refractivity contribution is 1.07. The van der Waals surface area contributed by atoms with Gasteiger partial charge in [-0.3, -0.25) is 0 Å². The van der Waals surface area contributed by atoms with Gasteiger partial charge in [0, 0.05) is 33.4 Å². The van der Waals surface area contributed by atoms with Gasteiger partial charge >= 0.3 is 0 Å². The third-order valence-electron chi connectivity index (χ3n) is 10.6. The van der Waals surface area contributed by atoms with Crippen molar-refractivity contribution in [3.8, 4) is 101 Å². The molecule has 10 aromatic rings. The summed E-state index contributed by atoms with van der Waals surface area (Å²) in [5.74, 6) is 2.55. The molecule has 0 aliphatic carbocycles. The highest BCUT2D eigenvalue weighted by atomic mass is 15.0. The van der Waals surface area contributed by atoms with Crippen LogP contribution in [-0.2, 0) is 0 Å². The predicted octanol–water partition coefficient (Wildman–Crippen LogP) is 13.7. The van der Waals surface area contributed by atoms with E-state index in [4.69, 9.17) is 24.9 Å². The zero-order chi connectivity index (χ0) is 40.1. The van der Waals surface area contributed by atoms with Crippen LogP contribution in [0.4, 0.5) is 0 Å². The SMILES string of the molecule is c1ccc(-c2ccc(-c3ccc(-c4nc(-c5ccccc5)cc(-c5cccc(-c6cccc(-c7nc(-c8ccccc8)nc(-c8ccccc8)n7)c6)c5)n4)cc3)cc2)cc1. The Balaban J connectivity index is 0.994. The number of aromatic nitrogens is 5. The number of rotatable bonds is 9. The number of hydrogen-bond donors (Lipinski definition) is 0. The van der Waals surface area contributed by atoms with E-state index in [1.165, 1.54) is 11.1 Å². The zero-order valence-corrected chi connectivity index (χ0v) is 32.6. The van der Waals surface area contributed by atoms with Crippen molar-refractivity contribution in [3.63, 3.8) is 0 Å². The van der Waals surface area contributed by atoms with Crippen molar-refractivity contribution in [2.75, 3.05) is 0 Å². The van der Waals surface area contributed by atoms with Crippen LogP contribution in [0.5, 0.6) is 0 Å². The fourth-order valence-electron chi connectivity index (χ4n) is 7.41. The van der Waals surface area contributed by atoms with Crippen molar-refractivity contribution in [1.82, 2.24) is 24.9 Å². The van der Waals surface area contributed by atoms with Gasteiger partial charge in [-0.15, -0.1) is 0 Å². The van der Waals surface area contributed by atoms with Gasteiger partial charge in [0.2, 0.25) is 0 Å². The fourth-order valence-corrected chi connectivity index (χ4v) is 7.41. The summed E-state index contributed by atoms with van der Waals surface area (Å²) in [6.45, 7) is 0. The Bertz CT molecular complexity index is 2990. The Hall–Kier alpha value is -8.15. The Morgan fingerprint density at radius 3 is 0.933 bits per heavy atom. The van der Waals surface area contributed by atoms with E-state index in [1.807, 2.05) is 84.9 Å². The second kappa shape index (κ2) is 16.4. The first-order chi connectivity index (χ1) is 29.7. The van der Waals surface area contributed by atoms with Crippen molar-refractivity contribution in [1.29, 1.82) is 0 Å². The lowest BCUT2D eigenvalue weighted by Crippen LogP contribution is -2.00. The third kappa shape index (κ3) is 7.76. The molecule has 0 N–H and O–H groups in total. The van der Waals surface area contributed by atoms with Crippen LogP contribution >= 0.6 is 0 Å². The van der Waals surface area contributed by atoms with Crippen LogP contribution in [0.3, 0.4) is 0 Å². The van der Waals surface area contributed by atoms with E-state index in [0.717, 1.165) is 67.0 Å². The van der Waals surface area contributed by atoms with E-state index in [0.29, 0.717) is 23.3 Å². The normalized spacial score (nSPS) is 11.0. The van der Waals surface area contributed by atoms with Crippen molar-refractivity contribution < 1.29 is 0 Å². The number of hydrogen-bond acceptors (Lipinski definition) is 5. The van der Waals surface area contributed by atoms with Gasteiger partial charge in [0.05, 0.1) is 11.4 Å². The summed E-state index contributed by atoms with van der Waals surface area (Å²) < 4.78 is 0. The Kier molecular flexibility index (Phi) is 9.88.